The molecular formula is C36H70P2. The molecule has 2 fully saturated rings. The van der Waals surface area contributed by atoms with Crippen molar-refractivity contribution in [3.63, 3.8) is 0 Å². The van der Waals surface area contributed by atoms with E-state index in [9.17, 15) is 0 Å². The maximum absolute atomic E-state index is 4.01. The highest BCUT2D eigenvalue weighted by Crippen LogP contribution is 2.37. The van der Waals surface area contributed by atoms with E-state index in [1.54, 1.807) is 6.42 Å². The molecule has 0 aromatic carbocycles. The Labute approximate surface area is 245 Å². The Bertz CT molecular complexity index is 523. The summed E-state index contributed by atoms with van der Waals surface area (Å²) in [4.78, 5) is 0. The monoisotopic (exact) mass is 564 g/mol. The highest BCUT2D eigenvalue weighted by molar-refractivity contribution is 7.16. The van der Waals surface area contributed by atoms with E-state index in [-0.39, 0.29) is 0 Å². The SMILES string of the molecule is C=CCCC(CCCCCC1CCC(CCCCP)CC1)CCCCCC1CCC(CCCCCCP)C1. The average Bonchev–Trinajstić information content (AvgIpc) is 3.39. The second kappa shape index (κ2) is 24.2. The van der Waals surface area contributed by atoms with E-state index in [4.69, 9.17) is 0 Å². The minimum absolute atomic E-state index is 0.965. The molecule has 0 N–H and O–H groups in total. The van der Waals surface area contributed by atoms with Crippen molar-refractivity contribution >= 4 is 18.5 Å². The first-order chi connectivity index (χ1) is 18.7. The summed E-state index contributed by atoms with van der Waals surface area (Å²) in [5, 5.41) is 0. The molecular weight excluding hydrogens is 494 g/mol. The Morgan fingerprint density at radius 2 is 0.895 bits per heavy atom. The second-order valence-corrected chi connectivity index (χ2v) is 14.9. The minimum Gasteiger partial charge on any atom is -0.138 e. The molecule has 0 heterocycles. The zero-order valence-corrected chi connectivity index (χ0v) is 28.1. The fourth-order valence-corrected chi connectivity index (χ4v) is 8.47. The molecule has 0 saturated heterocycles. The van der Waals surface area contributed by atoms with E-state index in [1.165, 1.54) is 179 Å². The Hall–Kier alpha value is 0.600. The van der Waals surface area contributed by atoms with Gasteiger partial charge in [0.1, 0.15) is 0 Å². The van der Waals surface area contributed by atoms with Gasteiger partial charge in [0, 0.05) is 0 Å². The van der Waals surface area contributed by atoms with Gasteiger partial charge in [0.15, 0.2) is 0 Å². The van der Waals surface area contributed by atoms with E-state index in [0.29, 0.717) is 0 Å². The van der Waals surface area contributed by atoms with Crippen LogP contribution in [0.4, 0.5) is 0 Å². The number of hydrogen-bond donors (Lipinski definition) is 0. The van der Waals surface area contributed by atoms with E-state index < -0.39 is 0 Å². The van der Waals surface area contributed by atoms with Gasteiger partial charge in [-0.2, -0.15) is 0 Å². The smallest absolute Gasteiger partial charge is 0.0351 e. The van der Waals surface area contributed by atoms with Crippen molar-refractivity contribution in [2.45, 2.75) is 173 Å². The summed E-state index contributed by atoms with van der Waals surface area (Å²) in [6.45, 7) is 4.01. The lowest BCUT2D eigenvalue weighted by Crippen LogP contribution is -2.14. The summed E-state index contributed by atoms with van der Waals surface area (Å²) in [5.41, 5.74) is 0. The van der Waals surface area contributed by atoms with Crippen molar-refractivity contribution in [3.05, 3.63) is 12.7 Å². The van der Waals surface area contributed by atoms with Crippen molar-refractivity contribution in [3.8, 4) is 0 Å². The Morgan fingerprint density at radius 3 is 1.39 bits per heavy atom. The molecule has 0 nitrogen and oxygen atoms in total. The summed E-state index contributed by atoms with van der Waals surface area (Å²) in [5.74, 6) is 5.23. The van der Waals surface area contributed by atoms with Crippen LogP contribution in [-0.2, 0) is 0 Å². The molecule has 224 valence electrons. The molecule has 2 aliphatic carbocycles. The van der Waals surface area contributed by atoms with Crippen LogP contribution in [0.2, 0.25) is 0 Å². The molecule has 2 rings (SSSR count). The first-order valence-electron chi connectivity index (χ1n) is 17.8. The molecule has 5 unspecified atom stereocenters. The lowest BCUT2D eigenvalue weighted by Gasteiger charge is -2.28. The van der Waals surface area contributed by atoms with Gasteiger partial charge in [0.05, 0.1) is 0 Å². The zero-order valence-electron chi connectivity index (χ0n) is 25.8. The molecule has 0 aliphatic heterocycles. The summed E-state index contributed by atoms with van der Waals surface area (Å²) < 4.78 is 0. The third kappa shape index (κ3) is 17.4. The van der Waals surface area contributed by atoms with E-state index in [0.717, 1.165) is 29.6 Å². The summed E-state index contributed by atoms with van der Waals surface area (Å²) in [6.07, 6.45) is 44.8. The maximum atomic E-state index is 4.01. The Morgan fingerprint density at radius 1 is 0.500 bits per heavy atom. The van der Waals surface area contributed by atoms with Gasteiger partial charge in [0.2, 0.25) is 0 Å². The lowest BCUT2D eigenvalue weighted by atomic mass is 9.78. The normalized spacial score (nSPS) is 24.6. The van der Waals surface area contributed by atoms with E-state index >= 15 is 0 Å². The summed E-state index contributed by atoms with van der Waals surface area (Å²) >= 11 is 0. The molecule has 2 heteroatoms. The third-order valence-corrected chi connectivity index (χ3v) is 11.3. The van der Waals surface area contributed by atoms with Crippen LogP contribution in [0, 0.1) is 29.6 Å². The molecule has 0 amide bonds. The Balaban J connectivity index is 1.45. The number of allylic oxidation sites excluding steroid dienone is 1. The zero-order chi connectivity index (χ0) is 27.1. The van der Waals surface area contributed by atoms with Crippen molar-refractivity contribution in [2.75, 3.05) is 12.3 Å². The Kier molecular flexibility index (Phi) is 22.2. The summed E-state index contributed by atoms with van der Waals surface area (Å²) in [6, 6.07) is 0. The van der Waals surface area contributed by atoms with E-state index in [1.807, 2.05) is 0 Å². The number of rotatable bonds is 25. The van der Waals surface area contributed by atoms with Crippen molar-refractivity contribution < 1.29 is 0 Å². The van der Waals surface area contributed by atoms with Crippen LogP contribution in [0.1, 0.15) is 173 Å². The van der Waals surface area contributed by atoms with Crippen LogP contribution in [0.3, 0.4) is 0 Å². The predicted octanol–water partition coefficient (Wildman–Crippen LogP) is 12.6. The lowest BCUT2D eigenvalue weighted by molar-refractivity contribution is 0.244. The average molecular weight is 565 g/mol. The number of hydrogen-bond acceptors (Lipinski definition) is 0. The quantitative estimate of drug-likeness (QED) is 0.0587. The minimum atomic E-state index is 0.965. The molecule has 38 heavy (non-hydrogen) atoms. The van der Waals surface area contributed by atoms with Crippen LogP contribution in [0.25, 0.3) is 0 Å². The van der Waals surface area contributed by atoms with Crippen LogP contribution in [0.5, 0.6) is 0 Å². The maximum Gasteiger partial charge on any atom is -0.0351 e. The van der Waals surface area contributed by atoms with Crippen molar-refractivity contribution in [1.29, 1.82) is 0 Å². The van der Waals surface area contributed by atoms with Crippen molar-refractivity contribution in [2.24, 2.45) is 29.6 Å². The standard InChI is InChI=1S/C36H70P2/c1-2-3-16-32(17-9-6-11-19-33-23-25-34(26-24-33)20-13-15-30-38)18-10-7-12-22-36-28-27-35(31-36)21-8-4-5-14-29-37/h2,32-36H,1,3-31,37-38H2. The first-order valence-corrected chi connectivity index (χ1v) is 19.4. The van der Waals surface area contributed by atoms with Gasteiger partial charge < -0.3 is 0 Å². The third-order valence-electron chi connectivity index (χ3n) is 10.5. The van der Waals surface area contributed by atoms with Gasteiger partial charge in [-0.05, 0) is 74.0 Å². The van der Waals surface area contributed by atoms with Crippen LogP contribution >= 0.6 is 18.5 Å². The highest BCUT2D eigenvalue weighted by atomic mass is 31.0. The summed E-state index contributed by atoms with van der Waals surface area (Å²) in [7, 11) is 5.76. The molecule has 0 bridgehead atoms. The van der Waals surface area contributed by atoms with E-state index in [2.05, 4.69) is 31.1 Å². The fourth-order valence-electron chi connectivity index (χ4n) is 7.89. The first kappa shape index (κ1) is 34.8. The molecule has 2 saturated carbocycles. The van der Waals surface area contributed by atoms with Gasteiger partial charge in [-0.3, -0.25) is 0 Å². The van der Waals surface area contributed by atoms with Crippen molar-refractivity contribution in [1.82, 2.24) is 0 Å². The predicted molar refractivity (Wildman–Crippen MR) is 181 cm³/mol. The highest BCUT2D eigenvalue weighted by Gasteiger charge is 2.24. The molecule has 0 aromatic heterocycles. The fraction of sp³-hybridized carbons (Fsp3) is 0.944. The largest absolute Gasteiger partial charge is 0.138 e. The van der Waals surface area contributed by atoms with Crippen LogP contribution < -0.4 is 0 Å². The molecule has 0 spiro atoms. The second-order valence-electron chi connectivity index (χ2n) is 13.7. The topological polar surface area (TPSA) is 0 Å². The molecule has 2 aliphatic rings. The van der Waals surface area contributed by atoms with Crippen LogP contribution in [-0.4, -0.2) is 12.3 Å². The number of unbranched alkanes of at least 4 members (excludes halogenated alkanes) is 8. The molecule has 0 aromatic rings. The van der Waals surface area contributed by atoms with Gasteiger partial charge in [0.25, 0.3) is 0 Å². The molecule has 0 radical (unpaired) electrons. The van der Waals surface area contributed by atoms with Gasteiger partial charge in [-0.1, -0.05) is 147 Å². The van der Waals surface area contributed by atoms with Gasteiger partial charge in [-0.15, -0.1) is 25.1 Å². The van der Waals surface area contributed by atoms with Crippen LogP contribution in [0.15, 0.2) is 12.7 Å². The van der Waals surface area contributed by atoms with Gasteiger partial charge >= 0.3 is 0 Å². The molecule has 5 atom stereocenters. The van der Waals surface area contributed by atoms with Gasteiger partial charge in [-0.25, -0.2) is 0 Å².